The number of piperidine rings is 1. The molecule has 0 saturated carbocycles. The Hall–Kier alpha value is -1.43. The van der Waals surface area contributed by atoms with E-state index in [4.69, 9.17) is 0 Å². The highest BCUT2D eigenvalue weighted by molar-refractivity contribution is 5.93. The van der Waals surface area contributed by atoms with E-state index in [0.29, 0.717) is 17.4 Å². The van der Waals surface area contributed by atoms with Crippen LogP contribution in [0.25, 0.3) is 0 Å². The number of amides is 1. The summed E-state index contributed by atoms with van der Waals surface area (Å²) in [6, 6.07) is 0.305. The van der Waals surface area contributed by atoms with Crippen LogP contribution in [0.5, 0.6) is 0 Å². The summed E-state index contributed by atoms with van der Waals surface area (Å²) in [7, 11) is 4.11. The van der Waals surface area contributed by atoms with Crippen molar-refractivity contribution in [3.63, 3.8) is 0 Å². The Kier molecular flexibility index (Phi) is 4.52. The first kappa shape index (κ1) is 14.0. The van der Waals surface area contributed by atoms with Gasteiger partial charge in [0.05, 0.1) is 0 Å². The summed E-state index contributed by atoms with van der Waals surface area (Å²) in [4.78, 5) is 16.6. The Bertz CT molecular complexity index is 430. The lowest BCUT2D eigenvalue weighted by Crippen LogP contribution is -2.45. The van der Waals surface area contributed by atoms with Crippen molar-refractivity contribution in [1.82, 2.24) is 20.1 Å². The molecule has 1 aromatic rings. The zero-order chi connectivity index (χ0) is 13.8. The number of likely N-dealkylation sites (tertiary alicyclic amines) is 1. The van der Waals surface area contributed by atoms with E-state index in [1.807, 2.05) is 4.90 Å². The van der Waals surface area contributed by atoms with Crippen LogP contribution in [0.2, 0.25) is 0 Å². The smallest absolute Gasteiger partial charge is 0.278 e. The van der Waals surface area contributed by atoms with Crippen LogP contribution in [-0.2, 0) is 0 Å². The number of carbonyl (C=O) groups excluding carboxylic acids is 1. The number of rotatable bonds is 4. The van der Waals surface area contributed by atoms with Gasteiger partial charge in [-0.25, -0.2) is 4.63 Å². The van der Waals surface area contributed by atoms with Gasteiger partial charge in [-0.3, -0.25) is 4.79 Å². The maximum Gasteiger partial charge on any atom is 0.278 e. The second-order valence-corrected chi connectivity index (χ2v) is 5.44. The van der Waals surface area contributed by atoms with Crippen LogP contribution in [0.1, 0.15) is 41.9 Å². The number of hydrogen-bond acceptors (Lipinski definition) is 5. The highest BCUT2D eigenvalue weighted by Gasteiger charge is 2.30. The summed E-state index contributed by atoms with van der Waals surface area (Å²) in [5.74, 6) is -0.0396. The lowest BCUT2D eigenvalue weighted by Gasteiger charge is -2.36. The predicted octanol–water partition coefficient (Wildman–Crippen LogP) is 1.32. The number of aryl methyl sites for hydroxylation is 1. The molecule has 2 rings (SSSR count). The Balaban J connectivity index is 2.06. The maximum absolute atomic E-state index is 12.5. The Labute approximate surface area is 113 Å². The standard InChI is InChI=1S/C13H22N4O2/c1-10-12(15-19-14-10)13(18)17-8-5-4-6-11(17)7-9-16(2)3/h11H,4-9H2,1-3H3/t11-/m0/s1. The summed E-state index contributed by atoms with van der Waals surface area (Å²) in [6.45, 7) is 3.55. The van der Waals surface area contributed by atoms with Gasteiger partial charge in [0.2, 0.25) is 0 Å². The molecule has 1 saturated heterocycles. The van der Waals surface area contributed by atoms with Crippen molar-refractivity contribution in [2.75, 3.05) is 27.2 Å². The van der Waals surface area contributed by atoms with Crippen molar-refractivity contribution in [2.45, 2.75) is 38.6 Å². The molecule has 6 nitrogen and oxygen atoms in total. The average molecular weight is 266 g/mol. The minimum atomic E-state index is -0.0396. The van der Waals surface area contributed by atoms with Crippen molar-refractivity contribution in [3.05, 3.63) is 11.4 Å². The normalized spacial score (nSPS) is 20.0. The number of aromatic nitrogens is 2. The van der Waals surface area contributed by atoms with E-state index >= 15 is 0 Å². The predicted molar refractivity (Wildman–Crippen MR) is 70.9 cm³/mol. The quantitative estimate of drug-likeness (QED) is 0.822. The molecular weight excluding hydrogens is 244 g/mol. The van der Waals surface area contributed by atoms with Crippen molar-refractivity contribution < 1.29 is 9.42 Å². The summed E-state index contributed by atoms with van der Waals surface area (Å²) < 4.78 is 4.63. The third kappa shape index (κ3) is 3.32. The number of hydrogen-bond donors (Lipinski definition) is 0. The van der Waals surface area contributed by atoms with Gasteiger partial charge in [0.15, 0.2) is 5.69 Å². The summed E-state index contributed by atoms with van der Waals surface area (Å²) in [6.07, 6.45) is 4.33. The second-order valence-electron chi connectivity index (χ2n) is 5.44. The van der Waals surface area contributed by atoms with Gasteiger partial charge in [-0.15, -0.1) is 0 Å². The number of nitrogens with zero attached hydrogens (tertiary/aromatic N) is 4. The molecular formula is C13H22N4O2. The molecule has 106 valence electrons. The molecule has 0 aliphatic carbocycles. The molecule has 1 amide bonds. The molecule has 2 heterocycles. The Morgan fingerprint density at radius 2 is 2.21 bits per heavy atom. The number of carbonyl (C=O) groups is 1. The van der Waals surface area contributed by atoms with Gasteiger partial charge >= 0.3 is 0 Å². The molecule has 6 heteroatoms. The molecule has 1 atom stereocenters. The zero-order valence-electron chi connectivity index (χ0n) is 11.9. The van der Waals surface area contributed by atoms with E-state index in [9.17, 15) is 4.79 Å². The van der Waals surface area contributed by atoms with Crippen molar-refractivity contribution >= 4 is 5.91 Å². The van der Waals surface area contributed by atoms with E-state index in [-0.39, 0.29) is 5.91 Å². The lowest BCUT2D eigenvalue weighted by molar-refractivity contribution is 0.0579. The molecule has 1 aliphatic heterocycles. The van der Waals surface area contributed by atoms with Crippen molar-refractivity contribution in [1.29, 1.82) is 0 Å². The Morgan fingerprint density at radius 1 is 1.42 bits per heavy atom. The highest BCUT2D eigenvalue weighted by atomic mass is 16.6. The van der Waals surface area contributed by atoms with E-state index in [1.165, 1.54) is 6.42 Å². The van der Waals surface area contributed by atoms with Crippen LogP contribution in [-0.4, -0.2) is 59.2 Å². The SMILES string of the molecule is Cc1nonc1C(=O)N1CCCC[C@H]1CCN(C)C. The first-order valence-corrected chi connectivity index (χ1v) is 6.84. The topological polar surface area (TPSA) is 62.5 Å². The summed E-state index contributed by atoms with van der Waals surface area (Å²) in [5, 5.41) is 7.42. The molecule has 0 radical (unpaired) electrons. The van der Waals surface area contributed by atoms with Gasteiger partial charge in [0, 0.05) is 12.6 Å². The van der Waals surface area contributed by atoms with Crippen LogP contribution >= 0.6 is 0 Å². The molecule has 1 fully saturated rings. The fourth-order valence-corrected chi connectivity index (χ4v) is 2.54. The minimum Gasteiger partial charge on any atom is -0.334 e. The van der Waals surface area contributed by atoms with Gasteiger partial charge in [-0.1, -0.05) is 5.16 Å². The van der Waals surface area contributed by atoms with Gasteiger partial charge in [-0.2, -0.15) is 0 Å². The van der Waals surface area contributed by atoms with Crippen molar-refractivity contribution in [2.24, 2.45) is 0 Å². The molecule has 0 unspecified atom stereocenters. The third-order valence-corrected chi connectivity index (χ3v) is 3.65. The fraction of sp³-hybridized carbons (Fsp3) is 0.769. The van der Waals surface area contributed by atoms with Crippen LogP contribution in [0.4, 0.5) is 0 Å². The van der Waals surface area contributed by atoms with Crippen LogP contribution in [0.15, 0.2) is 4.63 Å². The van der Waals surface area contributed by atoms with E-state index in [2.05, 4.69) is 33.9 Å². The monoisotopic (exact) mass is 266 g/mol. The molecule has 0 spiro atoms. The molecule has 1 aliphatic rings. The molecule has 0 aromatic carbocycles. The lowest BCUT2D eigenvalue weighted by atomic mass is 9.98. The first-order chi connectivity index (χ1) is 9.09. The second kappa shape index (κ2) is 6.14. The van der Waals surface area contributed by atoms with Gasteiger partial charge in [0.1, 0.15) is 5.69 Å². The van der Waals surface area contributed by atoms with Crippen molar-refractivity contribution in [3.8, 4) is 0 Å². The van der Waals surface area contributed by atoms with Gasteiger partial charge in [-0.05, 0) is 58.4 Å². The molecule has 0 N–H and O–H groups in total. The van der Waals surface area contributed by atoms with Gasteiger partial charge < -0.3 is 9.80 Å². The minimum absolute atomic E-state index is 0.0396. The van der Waals surface area contributed by atoms with Gasteiger partial charge in [0.25, 0.3) is 5.91 Å². The van der Waals surface area contributed by atoms with E-state index < -0.39 is 0 Å². The van der Waals surface area contributed by atoms with Crippen LogP contribution in [0, 0.1) is 6.92 Å². The Morgan fingerprint density at radius 3 is 2.84 bits per heavy atom. The maximum atomic E-state index is 12.5. The van der Waals surface area contributed by atoms with E-state index in [0.717, 1.165) is 32.4 Å². The molecule has 19 heavy (non-hydrogen) atoms. The zero-order valence-corrected chi connectivity index (χ0v) is 11.9. The van der Waals surface area contributed by atoms with Crippen LogP contribution < -0.4 is 0 Å². The van der Waals surface area contributed by atoms with Crippen LogP contribution in [0.3, 0.4) is 0 Å². The summed E-state index contributed by atoms with van der Waals surface area (Å²) >= 11 is 0. The first-order valence-electron chi connectivity index (χ1n) is 6.84. The highest BCUT2D eigenvalue weighted by Crippen LogP contribution is 2.22. The van der Waals surface area contributed by atoms with E-state index in [1.54, 1.807) is 6.92 Å². The third-order valence-electron chi connectivity index (χ3n) is 3.65. The fourth-order valence-electron chi connectivity index (χ4n) is 2.54. The molecule has 1 aromatic heterocycles. The largest absolute Gasteiger partial charge is 0.334 e. The summed E-state index contributed by atoms with van der Waals surface area (Å²) in [5.41, 5.74) is 0.929. The average Bonchev–Trinajstić information content (AvgIpc) is 2.82. The molecule has 0 bridgehead atoms.